The van der Waals surface area contributed by atoms with Crippen molar-refractivity contribution in [2.45, 2.75) is 103 Å². The van der Waals surface area contributed by atoms with E-state index in [0.717, 1.165) is 32.1 Å². The molecule has 0 saturated heterocycles. The molecule has 0 amide bonds. The fourth-order valence-corrected chi connectivity index (χ4v) is 2.98. The molecule has 0 saturated carbocycles. The van der Waals surface area contributed by atoms with Crippen molar-refractivity contribution in [3.05, 3.63) is 12.2 Å². The summed E-state index contributed by atoms with van der Waals surface area (Å²) in [6.07, 6.45) is 4.13. The number of unbranched alkanes of at least 4 members (excludes halogenated alkanes) is 4. The first-order valence-electron chi connectivity index (χ1n) is 10.4. The van der Waals surface area contributed by atoms with Crippen LogP contribution in [0.25, 0.3) is 0 Å². The van der Waals surface area contributed by atoms with Crippen molar-refractivity contribution in [1.82, 2.24) is 0 Å². The number of rotatable bonds is 9. The van der Waals surface area contributed by atoms with Gasteiger partial charge in [-0.2, -0.15) is 0 Å². The molecule has 0 spiro atoms. The molecule has 1 heterocycles. The van der Waals surface area contributed by atoms with Gasteiger partial charge in [-0.15, -0.1) is 0 Å². The Kier molecular flexibility index (Phi) is 11.3. The third-order valence-electron chi connectivity index (χ3n) is 5.08. The maximum Gasteiger partial charge on any atom is 0.311 e. The zero-order valence-corrected chi connectivity index (χ0v) is 17.3. The van der Waals surface area contributed by atoms with Gasteiger partial charge in [0.2, 0.25) is 0 Å². The zero-order valence-electron chi connectivity index (χ0n) is 17.3. The summed E-state index contributed by atoms with van der Waals surface area (Å²) in [6, 6.07) is 0. The molecule has 7 heteroatoms. The van der Waals surface area contributed by atoms with E-state index < -0.39 is 48.4 Å². The topological polar surface area (TPSA) is 113 Å². The van der Waals surface area contributed by atoms with Crippen molar-refractivity contribution in [2.75, 3.05) is 0 Å². The lowest BCUT2D eigenvalue weighted by Gasteiger charge is -2.26. The summed E-state index contributed by atoms with van der Waals surface area (Å²) >= 11 is 0. The van der Waals surface area contributed by atoms with Gasteiger partial charge in [0.05, 0.1) is 30.7 Å². The Balaban J connectivity index is 2.73. The molecule has 1 rings (SSSR count). The van der Waals surface area contributed by atoms with Gasteiger partial charge in [0.15, 0.2) is 0 Å². The molecule has 28 heavy (non-hydrogen) atoms. The molecule has 0 bridgehead atoms. The summed E-state index contributed by atoms with van der Waals surface area (Å²) in [5.74, 6) is -1.91. The average molecular weight is 401 g/mol. The van der Waals surface area contributed by atoms with Crippen LogP contribution in [-0.2, 0) is 19.1 Å². The van der Waals surface area contributed by atoms with Crippen molar-refractivity contribution in [1.29, 1.82) is 0 Å². The fourth-order valence-electron chi connectivity index (χ4n) is 2.98. The Morgan fingerprint density at radius 2 is 1.89 bits per heavy atom. The van der Waals surface area contributed by atoms with Crippen LogP contribution >= 0.6 is 0 Å². The molecule has 6 atom stereocenters. The summed E-state index contributed by atoms with van der Waals surface area (Å²) in [6.45, 7) is 5.15. The third kappa shape index (κ3) is 9.17. The van der Waals surface area contributed by atoms with E-state index in [1.54, 1.807) is 0 Å². The minimum Gasteiger partial charge on any atom is -0.462 e. The van der Waals surface area contributed by atoms with E-state index in [9.17, 15) is 24.9 Å². The van der Waals surface area contributed by atoms with E-state index in [1.807, 2.05) is 0 Å². The van der Waals surface area contributed by atoms with Gasteiger partial charge in [-0.3, -0.25) is 9.59 Å². The Bertz CT molecular complexity index is 503. The van der Waals surface area contributed by atoms with Gasteiger partial charge in [-0.1, -0.05) is 38.7 Å². The smallest absolute Gasteiger partial charge is 0.311 e. The van der Waals surface area contributed by atoms with Crippen molar-refractivity contribution in [3.8, 4) is 0 Å². The molecule has 0 aliphatic carbocycles. The van der Waals surface area contributed by atoms with E-state index >= 15 is 0 Å². The van der Waals surface area contributed by atoms with Crippen LogP contribution in [0.15, 0.2) is 12.2 Å². The van der Waals surface area contributed by atoms with Crippen molar-refractivity contribution < 1.29 is 34.4 Å². The SMILES string of the molecule is CCCCCCC[C@@H]1C[C@H](O)[C@H](O)/C=C/[C@@H](OC(=O)[C@@H](C)[C@H](C)O)CC(=O)O1. The summed E-state index contributed by atoms with van der Waals surface area (Å²) in [5, 5.41) is 29.8. The van der Waals surface area contributed by atoms with E-state index in [4.69, 9.17) is 9.47 Å². The van der Waals surface area contributed by atoms with Gasteiger partial charge in [-0.05, 0) is 32.8 Å². The largest absolute Gasteiger partial charge is 0.462 e. The van der Waals surface area contributed by atoms with Crippen molar-refractivity contribution >= 4 is 11.9 Å². The molecule has 0 fully saturated rings. The van der Waals surface area contributed by atoms with Gasteiger partial charge in [0.25, 0.3) is 0 Å². The lowest BCUT2D eigenvalue weighted by Crippen LogP contribution is -2.35. The quantitative estimate of drug-likeness (QED) is 0.309. The third-order valence-corrected chi connectivity index (χ3v) is 5.08. The number of hydrogen-bond acceptors (Lipinski definition) is 7. The first-order chi connectivity index (χ1) is 13.2. The molecule has 1 aliphatic rings. The monoisotopic (exact) mass is 400 g/mol. The van der Waals surface area contributed by atoms with Crippen LogP contribution < -0.4 is 0 Å². The molecule has 3 N–H and O–H groups in total. The highest BCUT2D eigenvalue weighted by atomic mass is 16.6. The van der Waals surface area contributed by atoms with Crippen LogP contribution in [0.2, 0.25) is 0 Å². The highest BCUT2D eigenvalue weighted by molar-refractivity contribution is 5.75. The van der Waals surface area contributed by atoms with Crippen LogP contribution in [0.4, 0.5) is 0 Å². The molecule has 0 aromatic rings. The standard InChI is InChI=1S/C21H36O7/c1-4-5-6-7-8-9-16-12-19(24)18(23)11-10-17(13-20(25)27-16)28-21(26)14(2)15(3)22/h10-11,14-19,22-24H,4-9,12-13H2,1-3H3/b11-10+/t14-,15-,16+,17+,18+,19-/m0/s1. The summed E-state index contributed by atoms with van der Waals surface area (Å²) < 4.78 is 10.8. The van der Waals surface area contributed by atoms with Crippen LogP contribution in [-0.4, -0.2) is 57.8 Å². The number of ether oxygens (including phenoxy) is 2. The van der Waals surface area contributed by atoms with Gasteiger partial charge >= 0.3 is 11.9 Å². The number of carbonyl (C=O) groups is 2. The zero-order chi connectivity index (χ0) is 21.1. The molecular formula is C21H36O7. The van der Waals surface area contributed by atoms with Crippen molar-refractivity contribution in [2.24, 2.45) is 5.92 Å². The summed E-state index contributed by atoms with van der Waals surface area (Å²) in [5.41, 5.74) is 0. The molecule has 162 valence electrons. The Morgan fingerprint density at radius 3 is 2.54 bits per heavy atom. The molecule has 0 aromatic carbocycles. The lowest BCUT2D eigenvalue weighted by atomic mass is 9.99. The Hall–Kier alpha value is -1.44. The summed E-state index contributed by atoms with van der Waals surface area (Å²) in [4.78, 5) is 24.4. The first kappa shape index (κ1) is 24.6. The van der Waals surface area contributed by atoms with Gasteiger partial charge in [0.1, 0.15) is 12.2 Å². The molecule has 0 unspecified atom stereocenters. The lowest BCUT2D eigenvalue weighted by molar-refractivity contribution is -0.161. The second-order valence-electron chi connectivity index (χ2n) is 7.70. The normalized spacial score (nSPS) is 29.4. The maximum atomic E-state index is 12.3. The van der Waals surface area contributed by atoms with Gasteiger partial charge in [-0.25, -0.2) is 0 Å². The minimum absolute atomic E-state index is 0.161. The number of aliphatic hydroxyl groups is 3. The van der Waals surface area contributed by atoms with Gasteiger partial charge < -0.3 is 24.8 Å². The predicted octanol–water partition coefficient (Wildman–Crippen LogP) is 2.26. The molecule has 0 aromatic heterocycles. The van der Waals surface area contributed by atoms with E-state index in [1.165, 1.54) is 26.0 Å². The predicted molar refractivity (Wildman–Crippen MR) is 104 cm³/mol. The fraction of sp³-hybridized carbons (Fsp3) is 0.810. The Morgan fingerprint density at radius 1 is 1.21 bits per heavy atom. The molecular weight excluding hydrogens is 364 g/mol. The highest BCUT2D eigenvalue weighted by Gasteiger charge is 2.28. The second kappa shape index (κ2) is 12.9. The summed E-state index contributed by atoms with van der Waals surface area (Å²) in [7, 11) is 0. The van der Waals surface area contributed by atoms with E-state index in [-0.39, 0.29) is 12.8 Å². The number of hydrogen-bond donors (Lipinski definition) is 3. The number of carbonyl (C=O) groups excluding carboxylic acids is 2. The van der Waals surface area contributed by atoms with Gasteiger partial charge in [0, 0.05) is 6.42 Å². The van der Waals surface area contributed by atoms with Crippen LogP contribution in [0.3, 0.4) is 0 Å². The molecule has 7 nitrogen and oxygen atoms in total. The minimum atomic E-state index is -1.14. The maximum absolute atomic E-state index is 12.3. The van der Waals surface area contributed by atoms with E-state index in [0.29, 0.717) is 6.42 Å². The first-order valence-corrected chi connectivity index (χ1v) is 10.4. The average Bonchev–Trinajstić information content (AvgIpc) is 2.63. The molecule has 1 aliphatic heterocycles. The molecule has 0 radical (unpaired) electrons. The number of esters is 2. The van der Waals surface area contributed by atoms with Crippen LogP contribution in [0.1, 0.15) is 72.1 Å². The van der Waals surface area contributed by atoms with Crippen molar-refractivity contribution in [3.63, 3.8) is 0 Å². The van der Waals surface area contributed by atoms with Crippen LogP contribution in [0, 0.1) is 5.92 Å². The highest BCUT2D eigenvalue weighted by Crippen LogP contribution is 2.19. The number of aliphatic hydroxyl groups excluding tert-OH is 3. The van der Waals surface area contributed by atoms with E-state index in [2.05, 4.69) is 6.92 Å². The number of cyclic esters (lactones) is 1. The second-order valence-corrected chi connectivity index (χ2v) is 7.70. The Labute approximate surface area is 167 Å². The van der Waals surface area contributed by atoms with Crippen LogP contribution in [0.5, 0.6) is 0 Å².